The number of anilines is 1. The molecule has 13 heteroatoms. The molecule has 1 saturated heterocycles. The molecule has 11 nitrogen and oxygen atoms in total. The number of nitrogens with two attached hydrogens (primary N) is 1. The Balaban J connectivity index is 1.51. The summed E-state index contributed by atoms with van der Waals surface area (Å²) in [6, 6.07) is 12.6. The number of sulfonamides is 1. The maximum Gasteiger partial charge on any atom is 0.273 e. The molecule has 4 aromatic rings. The van der Waals surface area contributed by atoms with Crippen LogP contribution < -0.4 is 10.0 Å². The summed E-state index contributed by atoms with van der Waals surface area (Å²) in [7, 11) is -2.29. The van der Waals surface area contributed by atoms with E-state index in [1.54, 1.807) is 17.9 Å². The molecule has 40 heavy (non-hydrogen) atoms. The van der Waals surface area contributed by atoms with Crippen LogP contribution in [0.1, 0.15) is 58.5 Å². The van der Waals surface area contributed by atoms with Gasteiger partial charge in [-0.2, -0.15) is 0 Å². The van der Waals surface area contributed by atoms with E-state index in [-0.39, 0.29) is 35.2 Å². The van der Waals surface area contributed by atoms with E-state index in [0.29, 0.717) is 18.5 Å². The highest BCUT2D eigenvalue weighted by Gasteiger charge is 2.34. The minimum absolute atomic E-state index is 0.0590. The lowest BCUT2D eigenvalue weighted by molar-refractivity contribution is 0.0729. The molecule has 1 fully saturated rings. The summed E-state index contributed by atoms with van der Waals surface area (Å²) in [5.74, 6) is 0.0530. The molecule has 1 aliphatic heterocycles. The Morgan fingerprint density at radius 2 is 1.98 bits per heavy atom. The Kier molecular flexibility index (Phi) is 7.46. The number of aryl methyl sites for hydroxylation is 1. The van der Waals surface area contributed by atoms with Crippen LogP contribution >= 0.6 is 11.3 Å². The van der Waals surface area contributed by atoms with E-state index in [9.17, 15) is 13.2 Å². The van der Waals surface area contributed by atoms with Crippen molar-refractivity contribution in [3.8, 4) is 11.5 Å². The van der Waals surface area contributed by atoms with Gasteiger partial charge in [0.05, 0.1) is 17.8 Å². The van der Waals surface area contributed by atoms with Crippen LogP contribution in [0.2, 0.25) is 0 Å². The summed E-state index contributed by atoms with van der Waals surface area (Å²) >= 11 is 1.52. The molecule has 0 saturated carbocycles. The second-order valence-electron chi connectivity index (χ2n) is 10.3. The molecular formula is C27H31N7O4S2. The van der Waals surface area contributed by atoms with Crippen LogP contribution in [0.5, 0.6) is 0 Å². The molecule has 210 valence electrons. The fourth-order valence-electron chi connectivity index (χ4n) is 4.69. The number of hydrogen-bond acceptors (Lipinski definition) is 10. The fraction of sp³-hybridized carbons (Fsp3) is 0.370. The molecule has 4 heterocycles. The molecular weight excluding hydrogens is 550 g/mol. The van der Waals surface area contributed by atoms with Crippen molar-refractivity contribution in [3.63, 3.8) is 0 Å². The number of amides is 1. The molecule has 1 aromatic carbocycles. The van der Waals surface area contributed by atoms with Crippen LogP contribution in [-0.4, -0.2) is 59.2 Å². The fourth-order valence-corrected chi connectivity index (χ4v) is 6.06. The Hall–Kier alpha value is -3.68. The standard InChI is InChI=1S/C27H31N7O4S2/c1-17-16-39-24(29-17)21-11-8-12-34(21)25(35)20-13-19(14-22(30-20)33(3)40(4,36)37)23-31-32-26(38-23)27(2,28)15-18-9-6-5-7-10-18/h5-7,9-10,13-14,16,21H,8,11-12,15,28H2,1-4H3. The van der Waals surface area contributed by atoms with Gasteiger partial charge in [-0.05, 0) is 50.8 Å². The highest BCUT2D eigenvalue weighted by Crippen LogP contribution is 2.36. The van der Waals surface area contributed by atoms with Crippen molar-refractivity contribution in [1.29, 1.82) is 0 Å². The molecule has 2 N–H and O–H groups in total. The SMILES string of the molecule is Cc1csc(C2CCCN2C(=O)c2cc(-c3nnc(C(C)(N)Cc4ccccc4)o3)cc(N(C)S(C)(=O)=O)n2)n1. The summed E-state index contributed by atoms with van der Waals surface area (Å²) in [4.78, 5) is 24.6. The molecule has 0 radical (unpaired) electrons. The van der Waals surface area contributed by atoms with Crippen molar-refractivity contribution >= 4 is 33.1 Å². The zero-order valence-corrected chi connectivity index (χ0v) is 24.4. The van der Waals surface area contributed by atoms with Gasteiger partial charge in [-0.1, -0.05) is 30.3 Å². The number of benzene rings is 1. The van der Waals surface area contributed by atoms with Crippen molar-refractivity contribution in [2.24, 2.45) is 5.73 Å². The second kappa shape index (κ2) is 10.7. The minimum Gasteiger partial charge on any atom is -0.419 e. The zero-order valence-electron chi connectivity index (χ0n) is 22.7. The number of aromatic nitrogens is 4. The van der Waals surface area contributed by atoms with E-state index in [0.717, 1.165) is 39.7 Å². The Bertz CT molecular complexity index is 1630. The molecule has 0 bridgehead atoms. The minimum atomic E-state index is -3.67. The predicted molar refractivity (Wildman–Crippen MR) is 152 cm³/mol. The van der Waals surface area contributed by atoms with Crippen LogP contribution in [0.4, 0.5) is 5.82 Å². The molecule has 3 aromatic heterocycles. The Labute approximate surface area is 237 Å². The Morgan fingerprint density at radius 1 is 1.23 bits per heavy atom. The predicted octanol–water partition coefficient (Wildman–Crippen LogP) is 3.69. The number of carbonyl (C=O) groups is 1. The van der Waals surface area contributed by atoms with Crippen LogP contribution in [0.25, 0.3) is 11.5 Å². The quantitative estimate of drug-likeness (QED) is 0.329. The molecule has 0 aliphatic carbocycles. The van der Waals surface area contributed by atoms with Gasteiger partial charge in [-0.3, -0.25) is 9.10 Å². The van der Waals surface area contributed by atoms with E-state index >= 15 is 0 Å². The average molecular weight is 582 g/mol. The van der Waals surface area contributed by atoms with Crippen molar-refractivity contribution < 1.29 is 17.6 Å². The summed E-state index contributed by atoms with van der Waals surface area (Å²) in [5, 5.41) is 11.2. The summed E-state index contributed by atoms with van der Waals surface area (Å²) in [5.41, 5.74) is 7.96. The lowest BCUT2D eigenvalue weighted by Crippen LogP contribution is -2.35. The van der Waals surface area contributed by atoms with Crippen molar-refractivity contribution in [1.82, 2.24) is 25.1 Å². The summed E-state index contributed by atoms with van der Waals surface area (Å²) in [6.07, 6.45) is 3.15. The first-order valence-electron chi connectivity index (χ1n) is 12.8. The van der Waals surface area contributed by atoms with Gasteiger partial charge in [0.25, 0.3) is 5.91 Å². The third-order valence-electron chi connectivity index (χ3n) is 6.86. The van der Waals surface area contributed by atoms with Crippen LogP contribution in [0, 0.1) is 6.92 Å². The van der Waals surface area contributed by atoms with E-state index in [1.807, 2.05) is 42.6 Å². The van der Waals surface area contributed by atoms with Gasteiger partial charge in [-0.15, -0.1) is 21.5 Å². The first-order valence-corrected chi connectivity index (χ1v) is 15.5. The number of pyridine rings is 1. The van der Waals surface area contributed by atoms with Crippen molar-refractivity contribution in [3.05, 3.63) is 75.7 Å². The molecule has 0 spiro atoms. The van der Waals surface area contributed by atoms with E-state index < -0.39 is 15.6 Å². The van der Waals surface area contributed by atoms with Gasteiger partial charge in [0.1, 0.15) is 16.5 Å². The van der Waals surface area contributed by atoms with Crippen LogP contribution in [0.15, 0.2) is 52.3 Å². The van der Waals surface area contributed by atoms with E-state index in [4.69, 9.17) is 10.2 Å². The number of carbonyl (C=O) groups excluding carboxylic acids is 1. The largest absolute Gasteiger partial charge is 0.419 e. The van der Waals surface area contributed by atoms with Crippen molar-refractivity contribution in [2.75, 3.05) is 24.2 Å². The number of thiazole rings is 1. The lowest BCUT2D eigenvalue weighted by atomic mass is 9.94. The molecule has 1 aliphatic rings. The highest BCUT2D eigenvalue weighted by atomic mass is 32.2. The first-order chi connectivity index (χ1) is 18.9. The molecule has 2 unspecified atom stereocenters. The van der Waals surface area contributed by atoms with E-state index in [2.05, 4.69) is 20.2 Å². The first kappa shape index (κ1) is 27.9. The second-order valence-corrected chi connectivity index (χ2v) is 13.2. The molecule has 5 rings (SSSR count). The van der Waals surface area contributed by atoms with Gasteiger partial charge in [0.15, 0.2) is 0 Å². The third-order valence-corrected chi connectivity index (χ3v) is 9.11. The number of rotatable bonds is 8. The lowest BCUT2D eigenvalue weighted by Gasteiger charge is -2.24. The Morgan fingerprint density at radius 3 is 2.65 bits per heavy atom. The topological polar surface area (TPSA) is 148 Å². The maximum absolute atomic E-state index is 13.8. The van der Waals surface area contributed by atoms with Gasteiger partial charge in [0.2, 0.25) is 21.8 Å². The van der Waals surface area contributed by atoms with Gasteiger partial charge in [0, 0.05) is 30.2 Å². The third kappa shape index (κ3) is 5.76. The zero-order chi connectivity index (χ0) is 28.7. The average Bonchev–Trinajstić information content (AvgIpc) is 3.68. The van der Waals surface area contributed by atoms with E-state index in [1.165, 1.54) is 24.5 Å². The van der Waals surface area contributed by atoms with Crippen LogP contribution in [-0.2, 0) is 22.0 Å². The maximum atomic E-state index is 13.8. The monoisotopic (exact) mass is 581 g/mol. The number of hydrogen-bond donors (Lipinski definition) is 1. The summed E-state index contributed by atoms with van der Waals surface area (Å²) < 4.78 is 31.8. The highest BCUT2D eigenvalue weighted by molar-refractivity contribution is 7.92. The van der Waals surface area contributed by atoms with Crippen LogP contribution in [0.3, 0.4) is 0 Å². The number of nitrogens with zero attached hydrogens (tertiary/aromatic N) is 6. The van der Waals surface area contributed by atoms with Crippen molar-refractivity contribution in [2.45, 2.75) is 44.7 Å². The number of likely N-dealkylation sites (tertiary alicyclic amines) is 1. The van der Waals surface area contributed by atoms with Gasteiger partial charge < -0.3 is 15.1 Å². The smallest absolute Gasteiger partial charge is 0.273 e. The normalized spacial score (nSPS) is 17.1. The van der Waals surface area contributed by atoms with Gasteiger partial charge >= 0.3 is 0 Å². The van der Waals surface area contributed by atoms with Gasteiger partial charge in [-0.25, -0.2) is 18.4 Å². The summed E-state index contributed by atoms with van der Waals surface area (Å²) in [6.45, 7) is 4.26. The molecule has 1 amide bonds. The molecule has 2 atom stereocenters.